The molecule has 0 bridgehead atoms. The molecule has 1 aromatic rings. The molecule has 0 fully saturated rings. The summed E-state index contributed by atoms with van der Waals surface area (Å²) in [7, 11) is 3.45. The van der Waals surface area contributed by atoms with Gasteiger partial charge >= 0.3 is 0 Å². The van der Waals surface area contributed by atoms with E-state index in [0.717, 1.165) is 5.56 Å². The van der Waals surface area contributed by atoms with Gasteiger partial charge in [0.25, 0.3) is 0 Å². The molecule has 0 amide bonds. The van der Waals surface area contributed by atoms with Crippen LogP contribution in [-0.2, 0) is 4.74 Å². The number of hydrogen-bond donors (Lipinski definition) is 1. The number of ether oxygens (including phenoxy) is 2. The van der Waals surface area contributed by atoms with Crippen molar-refractivity contribution < 1.29 is 13.9 Å². The highest BCUT2D eigenvalue weighted by atomic mass is 19.1. The normalized spacial score (nSPS) is 14.9. The molecule has 1 aromatic carbocycles. The molecular weight excluding hydrogens is 257 g/mol. The van der Waals surface area contributed by atoms with Crippen LogP contribution in [0.4, 0.5) is 4.39 Å². The molecule has 1 N–H and O–H groups in total. The minimum Gasteiger partial charge on any atom is -0.496 e. The van der Waals surface area contributed by atoms with E-state index in [2.05, 4.69) is 26.1 Å². The zero-order valence-electron chi connectivity index (χ0n) is 13.3. The number of halogens is 1. The van der Waals surface area contributed by atoms with Gasteiger partial charge in [-0.3, -0.25) is 0 Å². The lowest BCUT2D eigenvalue weighted by atomic mass is 9.81. The van der Waals surface area contributed by atoms with Crippen molar-refractivity contribution in [3.8, 4) is 5.75 Å². The Morgan fingerprint density at radius 2 is 1.95 bits per heavy atom. The average Bonchev–Trinajstić information content (AvgIpc) is 2.38. The molecule has 0 heterocycles. The molecule has 0 aromatic heterocycles. The van der Waals surface area contributed by atoms with E-state index in [9.17, 15) is 4.39 Å². The zero-order valence-corrected chi connectivity index (χ0v) is 13.3. The van der Waals surface area contributed by atoms with Crippen molar-refractivity contribution >= 4 is 0 Å². The predicted molar refractivity (Wildman–Crippen MR) is 79.6 cm³/mol. The molecule has 20 heavy (non-hydrogen) atoms. The van der Waals surface area contributed by atoms with Crippen LogP contribution in [0, 0.1) is 11.2 Å². The van der Waals surface area contributed by atoms with Crippen molar-refractivity contribution in [1.82, 2.24) is 5.32 Å². The third-order valence-electron chi connectivity index (χ3n) is 3.34. The molecule has 0 saturated carbocycles. The van der Waals surface area contributed by atoms with Gasteiger partial charge in [0.05, 0.1) is 19.3 Å². The molecule has 2 unspecified atom stereocenters. The lowest BCUT2D eigenvalue weighted by molar-refractivity contribution is -0.0355. The first-order valence-electron chi connectivity index (χ1n) is 6.97. The van der Waals surface area contributed by atoms with Crippen LogP contribution in [0.15, 0.2) is 18.2 Å². The number of hydrogen-bond acceptors (Lipinski definition) is 3. The van der Waals surface area contributed by atoms with Crippen LogP contribution in [0.3, 0.4) is 0 Å². The second-order valence-corrected chi connectivity index (χ2v) is 5.89. The maximum Gasteiger partial charge on any atom is 0.123 e. The monoisotopic (exact) mass is 283 g/mol. The van der Waals surface area contributed by atoms with E-state index < -0.39 is 0 Å². The molecule has 1 rings (SSSR count). The van der Waals surface area contributed by atoms with Gasteiger partial charge in [-0.25, -0.2) is 4.39 Å². The summed E-state index contributed by atoms with van der Waals surface area (Å²) in [4.78, 5) is 0. The zero-order chi connectivity index (χ0) is 15.3. The number of rotatable bonds is 6. The van der Waals surface area contributed by atoms with Crippen LogP contribution in [0.5, 0.6) is 5.75 Å². The van der Waals surface area contributed by atoms with Crippen LogP contribution < -0.4 is 10.1 Å². The molecule has 0 aliphatic heterocycles. The van der Waals surface area contributed by atoms with Gasteiger partial charge in [0.2, 0.25) is 0 Å². The molecule has 0 spiro atoms. The Kier molecular flexibility index (Phi) is 5.96. The van der Waals surface area contributed by atoms with E-state index in [1.54, 1.807) is 13.2 Å². The smallest absolute Gasteiger partial charge is 0.123 e. The highest BCUT2D eigenvalue weighted by molar-refractivity contribution is 5.37. The van der Waals surface area contributed by atoms with Crippen molar-refractivity contribution in [3.63, 3.8) is 0 Å². The SMILES string of the molecule is CCOC(C(NC)c1cc(F)ccc1OC)C(C)(C)C. The third-order valence-corrected chi connectivity index (χ3v) is 3.34. The molecule has 4 heteroatoms. The Labute approximate surface area is 121 Å². The number of likely N-dealkylation sites (N-methyl/N-ethyl adjacent to an activating group) is 1. The molecule has 0 saturated heterocycles. The first kappa shape index (κ1) is 16.9. The molecule has 3 nitrogen and oxygen atoms in total. The van der Waals surface area contributed by atoms with Gasteiger partial charge < -0.3 is 14.8 Å². The molecule has 0 aliphatic carbocycles. The van der Waals surface area contributed by atoms with Gasteiger partial charge in [-0.15, -0.1) is 0 Å². The van der Waals surface area contributed by atoms with Gasteiger partial charge in [-0.1, -0.05) is 20.8 Å². The maximum absolute atomic E-state index is 13.6. The Morgan fingerprint density at radius 1 is 1.30 bits per heavy atom. The highest BCUT2D eigenvalue weighted by Crippen LogP contribution is 2.36. The average molecular weight is 283 g/mol. The topological polar surface area (TPSA) is 30.5 Å². The van der Waals surface area contributed by atoms with Crippen LogP contribution in [0.1, 0.15) is 39.3 Å². The summed E-state index contributed by atoms with van der Waals surface area (Å²) in [6.07, 6.45) is -0.0896. The fourth-order valence-corrected chi connectivity index (χ4v) is 2.44. The first-order chi connectivity index (χ1) is 9.35. The van der Waals surface area contributed by atoms with Gasteiger partial charge in [0, 0.05) is 12.2 Å². The van der Waals surface area contributed by atoms with Crippen molar-refractivity contribution in [2.75, 3.05) is 20.8 Å². The summed E-state index contributed by atoms with van der Waals surface area (Å²) in [5.41, 5.74) is 0.699. The standard InChI is InChI=1S/C16H26FNO2/c1-7-20-15(16(2,3)4)14(18-5)12-10-11(17)8-9-13(12)19-6/h8-10,14-15,18H,7H2,1-6H3. The molecule has 2 atom stereocenters. The lowest BCUT2D eigenvalue weighted by Gasteiger charge is -2.37. The summed E-state index contributed by atoms with van der Waals surface area (Å²) in [5, 5.41) is 3.24. The Hall–Kier alpha value is -1.13. The van der Waals surface area contributed by atoms with E-state index in [4.69, 9.17) is 9.47 Å². The van der Waals surface area contributed by atoms with E-state index in [-0.39, 0.29) is 23.4 Å². The highest BCUT2D eigenvalue weighted by Gasteiger charge is 2.34. The van der Waals surface area contributed by atoms with Crippen LogP contribution >= 0.6 is 0 Å². The van der Waals surface area contributed by atoms with Crippen molar-refractivity contribution in [1.29, 1.82) is 0 Å². The summed E-state index contributed by atoms with van der Waals surface area (Å²) >= 11 is 0. The van der Waals surface area contributed by atoms with Crippen molar-refractivity contribution in [3.05, 3.63) is 29.6 Å². The van der Waals surface area contributed by atoms with E-state index in [1.165, 1.54) is 12.1 Å². The maximum atomic E-state index is 13.6. The summed E-state index contributed by atoms with van der Waals surface area (Å²) < 4.78 is 24.9. The molecule has 0 aliphatic rings. The number of nitrogens with one attached hydrogen (secondary N) is 1. The fourth-order valence-electron chi connectivity index (χ4n) is 2.44. The van der Waals surface area contributed by atoms with Crippen molar-refractivity contribution in [2.45, 2.75) is 39.8 Å². The van der Waals surface area contributed by atoms with Crippen LogP contribution in [-0.4, -0.2) is 26.9 Å². The quantitative estimate of drug-likeness (QED) is 0.866. The first-order valence-corrected chi connectivity index (χ1v) is 6.97. The van der Waals surface area contributed by atoms with Crippen molar-refractivity contribution in [2.24, 2.45) is 5.41 Å². The van der Waals surface area contributed by atoms with Gasteiger partial charge in [0.1, 0.15) is 11.6 Å². The second-order valence-electron chi connectivity index (χ2n) is 5.89. The Bertz CT molecular complexity index is 429. The fraction of sp³-hybridized carbons (Fsp3) is 0.625. The van der Waals surface area contributed by atoms with E-state index in [0.29, 0.717) is 12.4 Å². The summed E-state index contributed by atoms with van der Waals surface area (Å²) in [6.45, 7) is 8.92. The largest absolute Gasteiger partial charge is 0.496 e. The van der Waals surface area contributed by atoms with Gasteiger partial charge in [-0.05, 0) is 37.6 Å². The summed E-state index contributed by atoms with van der Waals surface area (Å²) in [5.74, 6) is 0.393. The number of benzene rings is 1. The molecular formula is C16H26FNO2. The Balaban J connectivity index is 3.25. The summed E-state index contributed by atoms with van der Waals surface area (Å²) in [6, 6.07) is 4.43. The minimum atomic E-state index is -0.273. The minimum absolute atomic E-state index is 0.0823. The molecule has 114 valence electrons. The van der Waals surface area contributed by atoms with Crippen LogP contribution in [0.2, 0.25) is 0 Å². The van der Waals surface area contributed by atoms with E-state index >= 15 is 0 Å². The van der Waals surface area contributed by atoms with Gasteiger partial charge in [-0.2, -0.15) is 0 Å². The second kappa shape index (κ2) is 7.04. The number of methoxy groups -OCH3 is 1. The third kappa shape index (κ3) is 3.93. The predicted octanol–water partition coefficient (Wildman–Crippen LogP) is 3.55. The Morgan fingerprint density at radius 3 is 2.40 bits per heavy atom. The van der Waals surface area contributed by atoms with Crippen LogP contribution in [0.25, 0.3) is 0 Å². The van der Waals surface area contributed by atoms with E-state index in [1.807, 2.05) is 14.0 Å². The molecule has 0 radical (unpaired) electrons. The lowest BCUT2D eigenvalue weighted by Crippen LogP contribution is -2.41. The van der Waals surface area contributed by atoms with Gasteiger partial charge in [0.15, 0.2) is 0 Å².